The van der Waals surface area contributed by atoms with Crippen LogP contribution in [0.1, 0.15) is 20.7 Å². The first kappa shape index (κ1) is 21.0. The average Bonchev–Trinajstić information content (AvgIpc) is 2.84. The highest BCUT2D eigenvalue weighted by atomic mass is 16.6. The predicted molar refractivity (Wildman–Crippen MR) is 122 cm³/mol. The maximum atomic E-state index is 12.8. The zero-order valence-electron chi connectivity index (χ0n) is 17.3. The fraction of sp³-hybridized carbons (Fsp3) is 0.167. The molecule has 0 bridgehead atoms. The van der Waals surface area contributed by atoms with Gasteiger partial charge in [0, 0.05) is 37.8 Å². The van der Waals surface area contributed by atoms with Gasteiger partial charge >= 0.3 is 0 Å². The van der Waals surface area contributed by atoms with Crippen molar-refractivity contribution in [3.05, 3.63) is 100 Å². The van der Waals surface area contributed by atoms with E-state index in [-0.39, 0.29) is 17.2 Å². The van der Waals surface area contributed by atoms with Crippen LogP contribution in [-0.4, -0.2) is 47.8 Å². The van der Waals surface area contributed by atoms with Crippen LogP contribution in [0.2, 0.25) is 0 Å². The van der Waals surface area contributed by atoms with E-state index >= 15 is 0 Å². The summed E-state index contributed by atoms with van der Waals surface area (Å²) in [7, 11) is 0. The Kier molecular flexibility index (Phi) is 6.12. The number of carbonyl (C=O) groups excluding carboxylic acids is 2. The van der Waals surface area contributed by atoms with Crippen LogP contribution in [0, 0.1) is 10.1 Å². The minimum Gasteiger partial charge on any atom is -0.366 e. The summed E-state index contributed by atoms with van der Waals surface area (Å²) in [5.41, 5.74) is 1.81. The summed E-state index contributed by atoms with van der Waals surface area (Å²) in [6.07, 6.45) is 0. The first-order chi connectivity index (χ1) is 15.5. The number of nitro benzene ring substituents is 1. The SMILES string of the molecule is O=C(Nc1ccccc1N1CCN(C(=O)c2ccccc2)CC1)c1ccccc1[N+](=O)[O-]. The van der Waals surface area contributed by atoms with Gasteiger partial charge in [-0.15, -0.1) is 0 Å². The Bertz CT molecular complexity index is 1140. The molecule has 0 unspecified atom stereocenters. The van der Waals surface area contributed by atoms with Crippen LogP contribution in [0.5, 0.6) is 0 Å². The Morgan fingerprint density at radius 3 is 2.16 bits per heavy atom. The zero-order chi connectivity index (χ0) is 22.5. The molecular formula is C24H22N4O4. The number of benzene rings is 3. The van der Waals surface area contributed by atoms with Gasteiger partial charge in [0.2, 0.25) is 0 Å². The molecule has 1 N–H and O–H groups in total. The van der Waals surface area contributed by atoms with Crippen molar-refractivity contribution in [1.82, 2.24) is 4.90 Å². The average molecular weight is 430 g/mol. The second-order valence-electron chi connectivity index (χ2n) is 7.39. The third-order valence-electron chi connectivity index (χ3n) is 5.43. The molecule has 8 heteroatoms. The molecule has 162 valence electrons. The zero-order valence-corrected chi connectivity index (χ0v) is 17.3. The summed E-state index contributed by atoms with van der Waals surface area (Å²) >= 11 is 0. The highest BCUT2D eigenvalue weighted by Gasteiger charge is 2.25. The van der Waals surface area contributed by atoms with Crippen LogP contribution in [0.3, 0.4) is 0 Å². The van der Waals surface area contributed by atoms with Gasteiger partial charge in [0.25, 0.3) is 17.5 Å². The van der Waals surface area contributed by atoms with Crippen LogP contribution in [0.4, 0.5) is 17.1 Å². The van der Waals surface area contributed by atoms with Gasteiger partial charge in [-0.05, 0) is 30.3 Å². The van der Waals surface area contributed by atoms with E-state index in [0.717, 1.165) is 5.69 Å². The van der Waals surface area contributed by atoms with E-state index in [1.807, 2.05) is 47.4 Å². The third-order valence-corrected chi connectivity index (χ3v) is 5.43. The Morgan fingerprint density at radius 1 is 0.812 bits per heavy atom. The second kappa shape index (κ2) is 9.30. The van der Waals surface area contributed by atoms with Crippen LogP contribution in [0.25, 0.3) is 0 Å². The van der Waals surface area contributed by atoms with Crippen LogP contribution in [-0.2, 0) is 0 Å². The first-order valence-corrected chi connectivity index (χ1v) is 10.3. The number of nitrogens with one attached hydrogen (secondary N) is 1. The van der Waals surface area contributed by atoms with E-state index in [2.05, 4.69) is 10.2 Å². The van der Waals surface area contributed by atoms with Crippen LogP contribution < -0.4 is 10.2 Å². The summed E-state index contributed by atoms with van der Waals surface area (Å²) in [5, 5.41) is 14.1. The summed E-state index contributed by atoms with van der Waals surface area (Å²) in [6.45, 7) is 2.33. The molecule has 0 spiro atoms. The Hall–Kier alpha value is -4.20. The molecular weight excluding hydrogens is 408 g/mol. The lowest BCUT2D eigenvalue weighted by molar-refractivity contribution is -0.385. The van der Waals surface area contributed by atoms with Crippen LogP contribution in [0.15, 0.2) is 78.9 Å². The van der Waals surface area contributed by atoms with E-state index < -0.39 is 10.8 Å². The van der Waals surface area contributed by atoms with Gasteiger partial charge in [-0.3, -0.25) is 19.7 Å². The molecule has 4 rings (SSSR count). The van der Waals surface area contributed by atoms with Gasteiger partial charge in [-0.25, -0.2) is 0 Å². The minimum absolute atomic E-state index is 0.00299. The smallest absolute Gasteiger partial charge is 0.282 e. The van der Waals surface area contributed by atoms with Crippen molar-refractivity contribution in [2.24, 2.45) is 0 Å². The molecule has 2 amide bonds. The van der Waals surface area contributed by atoms with E-state index in [1.165, 1.54) is 18.2 Å². The number of amides is 2. The van der Waals surface area contributed by atoms with E-state index in [0.29, 0.717) is 37.4 Å². The molecule has 3 aromatic carbocycles. The number of anilines is 2. The first-order valence-electron chi connectivity index (χ1n) is 10.3. The standard InChI is InChI=1S/C24H22N4O4/c29-23(19-10-4-6-12-21(19)28(31)32)25-20-11-5-7-13-22(20)26-14-16-27(17-15-26)24(30)18-8-2-1-3-9-18/h1-13H,14-17H2,(H,25,29). The van der Waals surface area contributed by atoms with Crippen molar-refractivity contribution in [1.29, 1.82) is 0 Å². The molecule has 0 aliphatic carbocycles. The van der Waals surface area contributed by atoms with Crippen molar-refractivity contribution < 1.29 is 14.5 Å². The molecule has 1 aliphatic heterocycles. The van der Waals surface area contributed by atoms with Crippen molar-refractivity contribution in [3.8, 4) is 0 Å². The number of carbonyl (C=O) groups is 2. The van der Waals surface area contributed by atoms with Crippen molar-refractivity contribution in [2.45, 2.75) is 0 Å². The Balaban J connectivity index is 1.47. The highest BCUT2D eigenvalue weighted by Crippen LogP contribution is 2.28. The van der Waals surface area contributed by atoms with Gasteiger partial charge in [-0.1, -0.05) is 42.5 Å². The number of piperazine rings is 1. The molecule has 1 heterocycles. The summed E-state index contributed by atoms with van der Waals surface area (Å²) < 4.78 is 0. The van der Waals surface area contributed by atoms with Gasteiger partial charge in [0.15, 0.2) is 0 Å². The van der Waals surface area contributed by atoms with Crippen molar-refractivity contribution in [3.63, 3.8) is 0 Å². The lowest BCUT2D eigenvalue weighted by Crippen LogP contribution is -2.49. The summed E-state index contributed by atoms with van der Waals surface area (Å²) in [6, 6.07) is 22.4. The topological polar surface area (TPSA) is 95.8 Å². The molecule has 8 nitrogen and oxygen atoms in total. The number of nitro groups is 1. The summed E-state index contributed by atoms with van der Waals surface area (Å²) in [5.74, 6) is -0.536. The maximum Gasteiger partial charge on any atom is 0.282 e. The molecule has 0 aromatic heterocycles. The summed E-state index contributed by atoms with van der Waals surface area (Å²) in [4.78, 5) is 40.1. The predicted octanol–water partition coefficient (Wildman–Crippen LogP) is 3.81. The molecule has 32 heavy (non-hydrogen) atoms. The number of hydrogen-bond acceptors (Lipinski definition) is 5. The molecule has 1 aliphatic rings. The lowest BCUT2D eigenvalue weighted by Gasteiger charge is -2.37. The number of hydrogen-bond donors (Lipinski definition) is 1. The quantitative estimate of drug-likeness (QED) is 0.491. The molecule has 0 radical (unpaired) electrons. The third kappa shape index (κ3) is 4.44. The molecule has 3 aromatic rings. The fourth-order valence-corrected chi connectivity index (χ4v) is 3.78. The normalized spacial score (nSPS) is 13.5. The Labute approximate surface area is 185 Å². The van der Waals surface area contributed by atoms with Gasteiger partial charge in [0.05, 0.1) is 16.3 Å². The molecule has 1 fully saturated rings. The number of para-hydroxylation sites is 3. The number of rotatable bonds is 5. The van der Waals surface area contributed by atoms with Crippen molar-refractivity contribution >= 4 is 28.9 Å². The van der Waals surface area contributed by atoms with Gasteiger partial charge in [0.1, 0.15) is 5.56 Å². The van der Waals surface area contributed by atoms with Gasteiger partial charge in [-0.2, -0.15) is 0 Å². The van der Waals surface area contributed by atoms with E-state index in [9.17, 15) is 19.7 Å². The molecule has 0 atom stereocenters. The molecule has 0 saturated carbocycles. The monoisotopic (exact) mass is 430 g/mol. The lowest BCUT2D eigenvalue weighted by atomic mass is 10.1. The number of nitrogens with zero attached hydrogens (tertiary/aromatic N) is 3. The van der Waals surface area contributed by atoms with Gasteiger partial charge < -0.3 is 15.1 Å². The Morgan fingerprint density at radius 2 is 1.44 bits per heavy atom. The fourth-order valence-electron chi connectivity index (χ4n) is 3.78. The van der Waals surface area contributed by atoms with E-state index in [1.54, 1.807) is 18.2 Å². The maximum absolute atomic E-state index is 12.8. The molecule has 1 saturated heterocycles. The minimum atomic E-state index is -0.566. The largest absolute Gasteiger partial charge is 0.366 e. The van der Waals surface area contributed by atoms with Crippen LogP contribution >= 0.6 is 0 Å². The second-order valence-corrected chi connectivity index (χ2v) is 7.39. The van der Waals surface area contributed by atoms with E-state index in [4.69, 9.17) is 0 Å². The highest BCUT2D eigenvalue weighted by molar-refractivity contribution is 6.08. The van der Waals surface area contributed by atoms with Crippen molar-refractivity contribution in [2.75, 3.05) is 36.4 Å².